The van der Waals surface area contributed by atoms with Crippen molar-refractivity contribution in [3.8, 4) is 0 Å². The number of nitrogens with one attached hydrogen (secondary N) is 1. The summed E-state index contributed by atoms with van der Waals surface area (Å²) in [4.78, 5) is 11.4. The van der Waals surface area contributed by atoms with Crippen molar-refractivity contribution in [3.05, 3.63) is 9.26 Å². The average Bonchev–Trinajstić information content (AvgIpc) is 2.42. The zero-order valence-electron chi connectivity index (χ0n) is 12.2. The maximum absolute atomic E-state index is 5.23. The molecule has 19 heavy (non-hydrogen) atoms. The molecule has 0 aromatic carbocycles. The van der Waals surface area contributed by atoms with Crippen LogP contribution in [0, 0.1) is 3.57 Å². The van der Waals surface area contributed by atoms with Crippen LogP contribution in [0.5, 0.6) is 0 Å². The van der Waals surface area contributed by atoms with Gasteiger partial charge in [-0.2, -0.15) is 4.98 Å². The van der Waals surface area contributed by atoms with Gasteiger partial charge >= 0.3 is 0 Å². The van der Waals surface area contributed by atoms with Gasteiger partial charge in [0.05, 0.1) is 15.9 Å². The number of halogens is 1. The van der Waals surface area contributed by atoms with E-state index in [1.807, 2.05) is 0 Å². The zero-order valence-corrected chi connectivity index (χ0v) is 14.3. The molecule has 1 rings (SSSR count). The Kier molecular flexibility index (Phi) is 7.37. The van der Waals surface area contributed by atoms with Gasteiger partial charge in [0, 0.05) is 26.7 Å². The minimum atomic E-state index is 0.510. The summed E-state index contributed by atoms with van der Waals surface area (Å²) in [6.45, 7) is 9.59. The third kappa shape index (κ3) is 4.45. The number of rotatable bonds is 8. The van der Waals surface area contributed by atoms with E-state index >= 15 is 0 Å². The number of hydrogen-bond acceptors (Lipinski definition) is 5. The number of aromatic nitrogens is 2. The van der Waals surface area contributed by atoms with Crippen molar-refractivity contribution in [3.63, 3.8) is 0 Å². The van der Waals surface area contributed by atoms with Gasteiger partial charge < -0.3 is 15.0 Å². The molecule has 1 N–H and O–H groups in total. The molecule has 1 heterocycles. The highest BCUT2D eigenvalue weighted by Crippen LogP contribution is 2.23. The Hall–Kier alpha value is -0.630. The summed E-state index contributed by atoms with van der Waals surface area (Å²) >= 11 is 2.28. The smallest absolute Gasteiger partial charge is 0.227 e. The third-order valence-corrected chi connectivity index (χ3v) is 3.91. The van der Waals surface area contributed by atoms with Gasteiger partial charge in [0.25, 0.3) is 0 Å². The van der Waals surface area contributed by atoms with Crippen molar-refractivity contribution < 1.29 is 4.74 Å². The van der Waals surface area contributed by atoms with E-state index in [0.717, 1.165) is 47.1 Å². The molecule has 1 aromatic rings. The molecule has 108 valence electrons. The van der Waals surface area contributed by atoms with Crippen molar-refractivity contribution in [2.45, 2.75) is 33.8 Å². The molecule has 1 aromatic heterocycles. The van der Waals surface area contributed by atoms with E-state index in [1.165, 1.54) is 0 Å². The van der Waals surface area contributed by atoms with Gasteiger partial charge in [0.2, 0.25) is 5.95 Å². The highest BCUT2D eigenvalue weighted by atomic mass is 127. The molecule has 0 saturated carbocycles. The lowest BCUT2D eigenvalue weighted by Gasteiger charge is -2.21. The van der Waals surface area contributed by atoms with Gasteiger partial charge in [-0.3, -0.25) is 0 Å². The van der Waals surface area contributed by atoms with Crippen LogP contribution in [0.15, 0.2) is 0 Å². The minimum absolute atomic E-state index is 0.510. The Morgan fingerprint density at radius 2 is 1.89 bits per heavy atom. The number of nitrogens with zero attached hydrogens (tertiary/aromatic N) is 3. The predicted molar refractivity (Wildman–Crippen MR) is 87.8 cm³/mol. The first kappa shape index (κ1) is 16.4. The summed E-state index contributed by atoms with van der Waals surface area (Å²) in [5.74, 6) is 1.68. The maximum atomic E-state index is 5.23. The quantitative estimate of drug-likeness (QED) is 0.705. The Balaban J connectivity index is 3.13. The van der Waals surface area contributed by atoms with Crippen LogP contribution in [0.4, 0.5) is 11.8 Å². The van der Waals surface area contributed by atoms with Gasteiger partial charge in [-0.1, -0.05) is 6.92 Å². The fraction of sp³-hybridized carbons (Fsp3) is 0.692. The minimum Gasteiger partial charge on any atom is -0.378 e. The van der Waals surface area contributed by atoms with E-state index in [2.05, 4.69) is 63.5 Å². The van der Waals surface area contributed by atoms with E-state index in [-0.39, 0.29) is 0 Å². The molecule has 0 atom stereocenters. The van der Waals surface area contributed by atoms with E-state index in [0.29, 0.717) is 6.61 Å². The summed E-state index contributed by atoms with van der Waals surface area (Å²) in [5.41, 5.74) is 0.943. The molecule has 5 nitrogen and oxygen atoms in total. The van der Waals surface area contributed by atoms with Crippen LogP contribution in [0.2, 0.25) is 0 Å². The maximum Gasteiger partial charge on any atom is 0.227 e. The van der Waals surface area contributed by atoms with Gasteiger partial charge in [0.15, 0.2) is 0 Å². The van der Waals surface area contributed by atoms with E-state index in [4.69, 9.17) is 4.74 Å². The first-order chi connectivity index (χ1) is 9.17. The fourth-order valence-electron chi connectivity index (χ4n) is 1.72. The van der Waals surface area contributed by atoms with Crippen molar-refractivity contribution in [1.82, 2.24) is 9.97 Å². The van der Waals surface area contributed by atoms with Gasteiger partial charge in [-0.05, 0) is 42.9 Å². The molecule has 0 aliphatic heterocycles. The van der Waals surface area contributed by atoms with Crippen LogP contribution in [-0.2, 0) is 11.3 Å². The molecular weight excluding hydrogens is 355 g/mol. The Morgan fingerprint density at radius 1 is 1.21 bits per heavy atom. The van der Waals surface area contributed by atoms with Crippen molar-refractivity contribution >= 4 is 34.4 Å². The molecule has 6 heteroatoms. The summed E-state index contributed by atoms with van der Waals surface area (Å²) in [5, 5.41) is 3.36. The van der Waals surface area contributed by atoms with Crippen LogP contribution in [0.3, 0.4) is 0 Å². The van der Waals surface area contributed by atoms with Crippen LogP contribution in [0.1, 0.15) is 32.9 Å². The Bertz CT molecular complexity index is 396. The topological polar surface area (TPSA) is 50.3 Å². The summed E-state index contributed by atoms with van der Waals surface area (Å²) in [6, 6.07) is 0. The monoisotopic (exact) mass is 378 g/mol. The average molecular weight is 378 g/mol. The fourth-order valence-corrected chi connectivity index (χ4v) is 2.31. The van der Waals surface area contributed by atoms with E-state index in [1.54, 1.807) is 7.11 Å². The second-order valence-corrected chi connectivity index (χ2v) is 5.24. The second kappa shape index (κ2) is 8.52. The summed E-state index contributed by atoms with van der Waals surface area (Å²) in [7, 11) is 1.69. The number of anilines is 2. The SMILES string of the molecule is CCCNc1nc(N(CC)CC)nc(COC)c1I. The van der Waals surface area contributed by atoms with Crippen molar-refractivity contribution in [1.29, 1.82) is 0 Å². The lowest BCUT2D eigenvalue weighted by atomic mass is 10.4. The van der Waals surface area contributed by atoms with Crippen LogP contribution < -0.4 is 10.2 Å². The standard InChI is InChI=1S/C13H23IN4O/c1-5-8-15-12-11(14)10(9-19-4)16-13(17-12)18(6-2)7-3/h5-9H2,1-4H3,(H,15,16,17). The van der Waals surface area contributed by atoms with Crippen molar-refractivity contribution in [2.24, 2.45) is 0 Å². The molecule has 0 bridgehead atoms. The van der Waals surface area contributed by atoms with Gasteiger partial charge in [-0.15, -0.1) is 0 Å². The largest absolute Gasteiger partial charge is 0.378 e. The number of methoxy groups -OCH3 is 1. The number of hydrogen-bond donors (Lipinski definition) is 1. The molecule has 0 saturated heterocycles. The van der Waals surface area contributed by atoms with Crippen molar-refractivity contribution in [2.75, 3.05) is 37.0 Å². The Labute approximate surface area is 129 Å². The normalized spacial score (nSPS) is 10.6. The summed E-state index contributed by atoms with van der Waals surface area (Å²) < 4.78 is 6.27. The predicted octanol–water partition coefficient (Wildman–Crippen LogP) is 2.90. The van der Waals surface area contributed by atoms with E-state index < -0.39 is 0 Å². The summed E-state index contributed by atoms with van der Waals surface area (Å²) in [6.07, 6.45) is 1.07. The third-order valence-electron chi connectivity index (χ3n) is 2.78. The lowest BCUT2D eigenvalue weighted by Crippen LogP contribution is -2.25. The Morgan fingerprint density at radius 3 is 2.42 bits per heavy atom. The van der Waals surface area contributed by atoms with Crippen LogP contribution in [0.25, 0.3) is 0 Å². The highest BCUT2D eigenvalue weighted by molar-refractivity contribution is 14.1. The zero-order chi connectivity index (χ0) is 14.3. The lowest BCUT2D eigenvalue weighted by molar-refractivity contribution is 0.181. The first-order valence-corrected chi connectivity index (χ1v) is 7.79. The van der Waals surface area contributed by atoms with Crippen LogP contribution in [-0.4, -0.2) is 36.7 Å². The second-order valence-electron chi connectivity index (χ2n) is 4.16. The van der Waals surface area contributed by atoms with Gasteiger partial charge in [0.1, 0.15) is 5.82 Å². The molecular formula is C13H23IN4O. The number of ether oxygens (including phenoxy) is 1. The molecule has 0 amide bonds. The highest BCUT2D eigenvalue weighted by Gasteiger charge is 2.14. The van der Waals surface area contributed by atoms with E-state index in [9.17, 15) is 0 Å². The first-order valence-electron chi connectivity index (χ1n) is 6.71. The van der Waals surface area contributed by atoms with Crippen LogP contribution >= 0.6 is 22.6 Å². The molecule has 0 aliphatic rings. The van der Waals surface area contributed by atoms with Gasteiger partial charge in [-0.25, -0.2) is 4.98 Å². The molecule has 0 fully saturated rings. The molecule has 0 spiro atoms. The molecule has 0 aliphatic carbocycles. The molecule has 0 radical (unpaired) electrons. The molecule has 0 unspecified atom stereocenters.